The van der Waals surface area contributed by atoms with Crippen molar-refractivity contribution in [2.75, 3.05) is 0 Å². The molecule has 0 atom stereocenters. The first-order valence-corrected chi connectivity index (χ1v) is 6.72. The Labute approximate surface area is 116 Å². The normalized spacial score (nSPS) is 10.9. The van der Waals surface area contributed by atoms with E-state index in [9.17, 15) is 4.79 Å². The Bertz CT molecular complexity index is 631. The third-order valence-corrected chi connectivity index (χ3v) is 3.60. The molecule has 1 amide bonds. The molecule has 0 aliphatic rings. The molecular weight excluding hydrogens is 258 g/mol. The monoisotopic (exact) mass is 273 g/mol. The molecule has 0 radical (unpaired) electrons. The number of benzene rings is 1. The average Bonchev–Trinajstić information content (AvgIpc) is 2.68. The lowest BCUT2D eigenvalue weighted by Crippen LogP contribution is -2.17. The van der Waals surface area contributed by atoms with Crippen molar-refractivity contribution in [3.63, 3.8) is 0 Å². The number of thiazole rings is 1. The summed E-state index contributed by atoms with van der Waals surface area (Å²) in [4.78, 5) is 16.7. The van der Waals surface area contributed by atoms with Gasteiger partial charge in [-0.25, -0.2) is 10.4 Å². The highest BCUT2D eigenvalue weighted by Crippen LogP contribution is 2.16. The van der Waals surface area contributed by atoms with Crippen LogP contribution in [0.5, 0.6) is 0 Å². The van der Waals surface area contributed by atoms with Gasteiger partial charge in [-0.1, -0.05) is 29.8 Å². The second-order valence-corrected chi connectivity index (χ2v) is 5.46. The maximum absolute atomic E-state index is 11.9. The van der Waals surface area contributed by atoms with Crippen LogP contribution in [-0.2, 0) is 0 Å². The summed E-state index contributed by atoms with van der Waals surface area (Å²) in [6, 6.07) is 7.90. The molecule has 0 aliphatic heterocycles. The standard InChI is InChI=1S/C14H15N3OS/c1-9-5-4-6-12(7-9)8-15-17-14(18)13-10(2)16-11(3)19-13/h4-8H,1-3H3,(H,17,18)/b15-8+. The first-order chi connectivity index (χ1) is 9.06. The molecule has 1 heterocycles. The number of carbonyl (C=O) groups excluding carboxylic acids is 1. The highest BCUT2D eigenvalue weighted by molar-refractivity contribution is 7.13. The Balaban J connectivity index is 2.03. The molecule has 0 bridgehead atoms. The van der Waals surface area contributed by atoms with Gasteiger partial charge >= 0.3 is 0 Å². The molecular formula is C14H15N3OS. The van der Waals surface area contributed by atoms with E-state index >= 15 is 0 Å². The molecule has 0 aliphatic carbocycles. The molecule has 1 aromatic carbocycles. The number of amides is 1. The zero-order chi connectivity index (χ0) is 13.8. The van der Waals surface area contributed by atoms with Crippen LogP contribution in [-0.4, -0.2) is 17.1 Å². The minimum atomic E-state index is -0.216. The van der Waals surface area contributed by atoms with Gasteiger partial charge in [-0.15, -0.1) is 11.3 Å². The van der Waals surface area contributed by atoms with Crippen LogP contribution in [0, 0.1) is 20.8 Å². The number of hydrogen-bond donors (Lipinski definition) is 1. The minimum Gasteiger partial charge on any atom is -0.266 e. The summed E-state index contributed by atoms with van der Waals surface area (Å²) in [5, 5.41) is 4.84. The molecule has 1 aromatic heterocycles. The maximum Gasteiger partial charge on any atom is 0.283 e. The van der Waals surface area contributed by atoms with Crippen LogP contribution in [0.25, 0.3) is 0 Å². The molecule has 2 aromatic rings. The second kappa shape index (κ2) is 5.75. The molecule has 0 fully saturated rings. The van der Waals surface area contributed by atoms with Crippen LogP contribution < -0.4 is 5.43 Å². The number of hydrazone groups is 1. The van der Waals surface area contributed by atoms with Crippen molar-refractivity contribution in [2.45, 2.75) is 20.8 Å². The lowest BCUT2D eigenvalue weighted by Gasteiger charge is -1.98. The Hall–Kier alpha value is -2.01. The van der Waals surface area contributed by atoms with Gasteiger partial charge in [0.2, 0.25) is 0 Å². The Morgan fingerprint density at radius 2 is 2.16 bits per heavy atom. The molecule has 4 nitrogen and oxygen atoms in total. The lowest BCUT2D eigenvalue weighted by atomic mass is 10.2. The van der Waals surface area contributed by atoms with E-state index in [1.807, 2.05) is 45.0 Å². The largest absolute Gasteiger partial charge is 0.283 e. The maximum atomic E-state index is 11.9. The van der Waals surface area contributed by atoms with Gasteiger partial charge in [0.1, 0.15) is 4.88 Å². The van der Waals surface area contributed by atoms with E-state index in [0.717, 1.165) is 21.8 Å². The van der Waals surface area contributed by atoms with E-state index in [4.69, 9.17) is 0 Å². The van der Waals surface area contributed by atoms with Gasteiger partial charge in [0.15, 0.2) is 0 Å². The second-order valence-electron chi connectivity index (χ2n) is 4.26. The number of nitrogens with one attached hydrogen (secondary N) is 1. The summed E-state index contributed by atoms with van der Waals surface area (Å²) in [5.41, 5.74) is 5.38. The van der Waals surface area contributed by atoms with Crippen molar-refractivity contribution in [3.05, 3.63) is 51.0 Å². The van der Waals surface area contributed by atoms with Crippen molar-refractivity contribution < 1.29 is 4.79 Å². The number of rotatable bonds is 3. The average molecular weight is 273 g/mol. The van der Waals surface area contributed by atoms with E-state index in [1.54, 1.807) is 6.21 Å². The van der Waals surface area contributed by atoms with Crippen molar-refractivity contribution in [1.29, 1.82) is 0 Å². The predicted molar refractivity (Wildman–Crippen MR) is 77.8 cm³/mol. The third-order valence-electron chi connectivity index (χ3n) is 2.53. The molecule has 0 unspecified atom stereocenters. The summed E-state index contributed by atoms with van der Waals surface area (Å²) in [5.74, 6) is -0.216. The van der Waals surface area contributed by atoms with Crippen molar-refractivity contribution in [1.82, 2.24) is 10.4 Å². The number of carbonyl (C=O) groups is 1. The van der Waals surface area contributed by atoms with Crippen LogP contribution >= 0.6 is 11.3 Å². The lowest BCUT2D eigenvalue weighted by molar-refractivity contribution is 0.0958. The van der Waals surface area contributed by atoms with Gasteiger partial charge in [-0.05, 0) is 26.3 Å². The predicted octanol–water partition coefficient (Wildman–Crippen LogP) is 2.83. The van der Waals surface area contributed by atoms with Crippen molar-refractivity contribution >= 4 is 23.5 Å². The van der Waals surface area contributed by atoms with Gasteiger partial charge in [-0.3, -0.25) is 4.79 Å². The summed E-state index contributed by atoms with van der Waals surface area (Å²) in [6.45, 7) is 5.71. The van der Waals surface area contributed by atoms with Crippen LogP contribution in [0.15, 0.2) is 29.4 Å². The van der Waals surface area contributed by atoms with E-state index in [2.05, 4.69) is 15.5 Å². The van der Waals surface area contributed by atoms with E-state index in [0.29, 0.717) is 4.88 Å². The topological polar surface area (TPSA) is 54.4 Å². The molecule has 19 heavy (non-hydrogen) atoms. The van der Waals surface area contributed by atoms with Gasteiger partial charge < -0.3 is 0 Å². The fourth-order valence-electron chi connectivity index (χ4n) is 1.71. The Morgan fingerprint density at radius 3 is 2.79 bits per heavy atom. The first kappa shape index (κ1) is 13.4. The first-order valence-electron chi connectivity index (χ1n) is 5.90. The van der Waals surface area contributed by atoms with E-state index < -0.39 is 0 Å². The van der Waals surface area contributed by atoms with Crippen molar-refractivity contribution in [3.8, 4) is 0 Å². The van der Waals surface area contributed by atoms with Crippen LogP contribution in [0.3, 0.4) is 0 Å². The van der Waals surface area contributed by atoms with E-state index in [1.165, 1.54) is 11.3 Å². The third kappa shape index (κ3) is 3.48. The highest BCUT2D eigenvalue weighted by Gasteiger charge is 2.12. The molecule has 98 valence electrons. The zero-order valence-electron chi connectivity index (χ0n) is 11.1. The summed E-state index contributed by atoms with van der Waals surface area (Å²) in [7, 11) is 0. The van der Waals surface area contributed by atoms with Crippen LogP contribution in [0.4, 0.5) is 0 Å². The Kier molecular flexibility index (Phi) is 4.06. The van der Waals surface area contributed by atoms with Crippen molar-refractivity contribution in [2.24, 2.45) is 5.10 Å². The number of hydrogen-bond acceptors (Lipinski definition) is 4. The number of aryl methyl sites for hydroxylation is 3. The molecule has 1 N–H and O–H groups in total. The van der Waals surface area contributed by atoms with Gasteiger partial charge in [-0.2, -0.15) is 5.10 Å². The summed E-state index contributed by atoms with van der Waals surface area (Å²) >= 11 is 1.37. The van der Waals surface area contributed by atoms with Gasteiger partial charge in [0.05, 0.1) is 16.9 Å². The Morgan fingerprint density at radius 1 is 1.37 bits per heavy atom. The molecule has 0 spiro atoms. The van der Waals surface area contributed by atoms with Crippen LogP contribution in [0.1, 0.15) is 31.5 Å². The molecule has 5 heteroatoms. The summed E-state index contributed by atoms with van der Waals surface area (Å²) in [6.07, 6.45) is 1.63. The van der Waals surface area contributed by atoms with E-state index in [-0.39, 0.29) is 5.91 Å². The smallest absolute Gasteiger partial charge is 0.266 e. The van der Waals surface area contributed by atoms with Gasteiger partial charge in [0.25, 0.3) is 5.91 Å². The SMILES string of the molecule is Cc1cccc(/C=N/NC(=O)c2sc(C)nc2C)c1. The molecule has 2 rings (SSSR count). The fourth-order valence-corrected chi connectivity index (χ4v) is 2.52. The quantitative estimate of drug-likeness (QED) is 0.690. The van der Waals surface area contributed by atoms with Crippen LogP contribution in [0.2, 0.25) is 0 Å². The van der Waals surface area contributed by atoms with Gasteiger partial charge in [0, 0.05) is 0 Å². The number of aromatic nitrogens is 1. The highest BCUT2D eigenvalue weighted by atomic mass is 32.1. The molecule has 0 saturated heterocycles. The summed E-state index contributed by atoms with van der Waals surface area (Å²) < 4.78 is 0. The molecule has 0 saturated carbocycles. The zero-order valence-corrected chi connectivity index (χ0v) is 11.9. The minimum absolute atomic E-state index is 0.216. The fraction of sp³-hybridized carbons (Fsp3) is 0.214. The number of nitrogens with zero attached hydrogens (tertiary/aromatic N) is 2.